The Labute approximate surface area is 239 Å². The summed E-state index contributed by atoms with van der Waals surface area (Å²) in [5, 5.41) is 11.2. The minimum Gasteiger partial charge on any atom is -0.493 e. The third-order valence-corrected chi connectivity index (χ3v) is 7.03. The van der Waals surface area contributed by atoms with Crippen molar-refractivity contribution in [3.8, 4) is 28.6 Å². The SMILES string of the molecule is COc1cc(C2C(C(=O)Nc3cccnc3)=C(C)Nc3nc(-c4ccc(C(C)(C)C)cc4)nn32)cc(OC)c1OC. The molecule has 1 aliphatic rings. The van der Waals surface area contributed by atoms with E-state index in [1.165, 1.54) is 5.56 Å². The first-order valence-electron chi connectivity index (χ1n) is 13.2. The van der Waals surface area contributed by atoms with Crippen LogP contribution in [0.4, 0.5) is 11.6 Å². The van der Waals surface area contributed by atoms with E-state index in [1.54, 1.807) is 50.5 Å². The zero-order chi connectivity index (χ0) is 29.3. The Morgan fingerprint density at radius 2 is 1.68 bits per heavy atom. The van der Waals surface area contributed by atoms with Crippen LogP contribution in [-0.4, -0.2) is 47.0 Å². The minimum atomic E-state index is -0.660. The second-order valence-corrected chi connectivity index (χ2v) is 10.8. The van der Waals surface area contributed by atoms with Crippen LogP contribution in [0.5, 0.6) is 17.2 Å². The number of ether oxygens (including phenoxy) is 3. The fraction of sp³-hybridized carbons (Fsp3) is 0.290. The number of allylic oxidation sites excluding steroid dienone is 1. The first-order chi connectivity index (χ1) is 19.6. The highest BCUT2D eigenvalue weighted by Gasteiger charge is 2.36. The zero-order valence-electron chi connectivity index (χ0n) is 24.3. The van der Waals surface area contributed by atoms with Gasteiger partial charge in [-0.25, -0.2) is 4.68 Å². The van der Waals surface area contributed by atoms with Gasteiger partial charge in [-0.2, -0.15) is 4.98 Å². The van der Waals surface area contributed by atoms with Gasteiger partial charge in [0.1, 0.15) is 6.04 Å². The van der Waals surface area contributed by atoms with Crippen molar-refractivity contribution >= 4 is 17.5 Å². The Hall–Kier alpha value is -4.86. The van der Waals surface area contributed by atoms with E-state index in [0.717, 1.165) is 5.56 Å². The molecule has 2 aromatic carbocycles. The number of anilines is 2. The third kappa shape index (κ3) is 5.32. The van der Waals surface area contributed by atoms with Gasteiger partial charge in [-0.1, -0.05) is 45.0 Å². The molecule has 1 amide bonds. The van der Waals surface area contributed by atoms with Crippen molar-refractivity contribution in [2.24, 2.45) is 0 Å². The molecule has 0 spiro atoms. The minimum absolute atomic E-state index is 0.0239. The summed E-state index contributed by atoms with van der Waals surface area (Å²) < 4.78 is 18.5. The van der Waals surface area contributed by atoms with Crippen molar-refractivity contribution < 1.29 is 19.0 Å². The molecule has 3 heterocycles. The van der Waals surface area contributed by atoms with Crippen molar-refractivity contribution in [1.82, 2.24) is 19.7 Å². The topological polar surface area (TPSA) is 112 Å². The number of aromatic nitrogens is 4. The lowest BCUT2D eigenvalue weighted by atomic mass is 9.87. The Kier molecular flexibility index (Phi) is 7.40. The largest absolute Gasteiger partial charge is 0.493 e. The first-order valence-corrected chi connectivity index (χ1v) is 13.2. The smallest absolute Gasteiger partial charge is 0.255 e. The van der Waals surface area contributed by atoms with E-state index in [2.05, 4.69) is 48.5 Å². The van der Waals surface area contributed by atoms with Crippen LogP contribution in [0.1, 0.15) is 44.9 Å². The van der Waals surface area contributed by atoms with E-state index >= 15 is 0 Å². The van der Waals surface area contributed by atoms with Gasteiger partial charge in [0.25, 0.3) is 5.91 Å². The number of hydrogen-bond acceptors (Lipinski definition) is 8. The molecule has 1 aliphatic heterocycles. The third-order valence-electron chi connectivity index (χ3n) is 7.03. The van der Waals surface area contributed by atoms with E-state index < -0.39 is 6.04 Å². The molecule has 10 heteroatoms. The van der Waals surface area contributed by atoms with Gasteiger partial charge in [0.05, 0.1) is 38.8 Å². The fourth-order valence-electron chi connectivity index (χ4n) is 4.89. The number of carbonyl (C=O) groups excluding carboxylic acids is 1. The predicted octanol–water partition coefficient (Wildman–Crippen LogP) is 5.59. The zero-order valence-corrected chi connectivity index (χ0v) is 24.3. The molecule has 41 heavy (non-hydrogen) atoms. The van der Waals surface area contributed by atoms with Crippen molar-refractivity contribution in [3.63, 3.8) is 0 Å². The van der Waals surface area contributed by atoms with Crippen molar-refractivity contribution in [2.45, 2.75) is 39.2 Å². The fourth-order valence-corrected chi connectivity index (χ4v) is 4.89. The van der Waals surface area contributed by atoms with Crippen molar-refractivity contribution in [2.75, 3.05) is 32.0 Å². The average Bonchev–Trinajstić information content (AvgIpc) is 3.39. The van der Waals surface area contributed by atoms with Crippen LogP contribution in [0.15, 0.2) is 72.2 Å². The molecule has 0 bridgehead atoms. The number of nitrogens with zero attached hydrogens (tertiary/aromatic N) is 4. The van der Waals surface area contributed by atoms with Gasteiger partial charge < -0.3 is 24.8 Å². The standard InChI is InChI=1S/C31H34N6O4/c1-18-25(29(38)34-22-9-8-14-32-17-22)26(20-15-23(39-5)27(41-7)24(16-20)40-6)37-30(33-18)35-28(36-37)19-10-12-21(13-11-19)31(2,3)4/h8-17,26H,1-7H3,(H,34,38)(H,33,35,36). The first kappa shape index (κ1) is 27.7. The molecular weight excluding hydrogens is 520 g/mol. The van der Waals surface area contributed by atoms with E-state index in [1.807, 2.05) is 31.2 Å². The second-order valence-electron chi connectivity index (χ2n) is 10.8. The summed E-state index contributed by atoms with van der Waals surface area (Å²) in [7, 11) is 4.66. The molecular formula is C31H34N6O4. The molecule has 0 saturated heterocycles. The number of amides is 1. The molecule has 0 fully saturated rings. The van der Waals surface area contributed by atoms with E-state index in [4.69, 9.17) is 24.3 Å². The monoisotopic (exact) mass is 554 g/mol. The van der Waals surface area contributed by atoms with Crippen LogP contribution < -0.4 is 24.8 Å². The van der Waals surface area contributed by atoms with Crippen LogP contribution >= 0.6 is 0 Å². The van der Waals surface area contributed by atoms with Crippen molar-refractivity contribution in [3.05, 3.63) is 83.3 Å². The summed E-state index contributed by atoms with van der Waals surface area (Å²) >= 11 is 0. The van der Waals surface area contributed by atoms with Crippen molar-refractivity contribution in [1.29, 1.82) is 0 Å². The summed E-state index contributed by atoms with van der Waals surface area (Å²) in [6, 6.07) is 14.8. The van der Waals surface area contributed by atoms with E-state index in [-0.39, 0.29) is 11.3 Å². The van der Waals surface area contributed by atoms with Gasteiger partial charge in [0.2, 0.25) is 11.7 Å². The summed E-state index contributed by atoms with van der Waals surface area (Å²) in [4.78, 5) is 22.8. The van der Waals surface area contributed by atoms with Gasteiger partial charge in [-0.3, -0.25) is 9.78 Å². The number of methoxy groups -OCH3 is 3. The number of rotatable bonds is 7. The second kappa shape index (κ2) is 11.0. The molecule has 1 unspecified atom stereocenters. The lowest BCUT2D eigenvalue weighted by Gasteiger charge is -2.29. The van der Waals surface area contributed by atoms with E-state index in [9.17, 15) is 4.79 Å². The normalized spacial score (nSPS) is 14.7. The van der Waals surface area contributed by atoms with Crippen LogP contribution in [0.2, 0.25) is 0 Å². The molecule has 0 saturated carbocycles. The van der Waals surface area contributed by atoms with Gasteiger partial charge in [0.15, 0.2) is 17.3 Å². The Balaban J connectivity index is 1.65. The molecule has 212 valence electrons. The molecule has 2 aromatic heterocycles. The summed E-state index contributed by atoms with van der Waals surface area (Å²) in [6.07, 6.45) is 3.25. The van der Waals surface area contributed by atoms with Crippen LogP contribution in [-0.2, 0) is 10.2 Å². The lowest BCUT2D eigenvalue weighted by molar-refractivity contribution is -0.113. The highest BCUT2D eigenvalue weighted by Crippen LogP contribution is 2.44. The van der Waals surface area contributed by atoms with E-state index in [0.29, 0.717) is 51.5 Å². The Bertz CT molecular complexity index is 1580. The number of carbonyl (C=O) groups is 1. The van der Waals surface area contributed by atoms with Crippen LogP contribution in [0.25, 0.3) is 11.4 Å². The van der Waals surface area contributed by atoms with Crippen LogP contribution in [0, 0.1) is 0 Å². The number of fused-ring (bicyclic) bond motifs is 1. The Morgan fingerprint density at radius 1 is 1.00 bits per heavy atom. The average molecular weight is 555 g/mol. The number of nitrogens with one attached hydrogen (secondary N) is 2. The quantitative estimate of drug-likeness (QED) is 0.304. The maximum absolute atomic E-state index is 13.8. The molecule has 10 nitrogen and oxygen atoms in total. The van der Waals surface area contributed by atoms with Gasteiger partial charge >= 0.3 is 0 Å². The molecule has 0 aliphatic carbocycles. The van der Waals surface area contributed by atoms with Gasteiger partial charge in [-0.15, -0.1) is 5.10 Å². The van der Waals surface area contributed by atoms with Crippen LogP contribution in [0.3, 0.4) is 0 Å². The van der Waals surface area contributed by atoms with Gasteiger partial charge in [0, 0.05) is 17.5 Å². The highest BCUT2D eigenvalue weighted by molar-refractivity contribution is 6.06. The molecule has 4 aromatic rings. The molecule has 0 radical (unpaired) electrons. The Morgan fingerprint density at radius 3 is 2.24 bits per heavy atom. The number of benzene rings is 2. The highest BCUT2D eigenvalue weighted by atomic mass is 16.5. The maximum Gasteiger partial charge on any atom is 0.255 e. The maximum atomic E-state index is 13.8. The summed E-state index contributed by atoms with van der Waals surface area (Å²) in [5.74, 6) is 2.11. The summed E-state index contributed by atoms with van der Waals surface area (Å²) in [6.45, 7) is 8.37. The molecule has 1 atom stereocenters. The molecule has 2 N–H and O–H groups in total. The predicted molar refractivity (Wildman–Crippen MR) is 158 cm³/mol. The van der Waals surface area contributed by atoms with Gasteiger partial charge in [-0.05, 0) is 47.7 Å². The molecule has 5 rings (SSSR count). The number of pyridine rings is 1. The number of hydrogen-bond donors (Lipinski definition) is 2. The summed E-state index contributed by atoms with van der Waals surface area (Å²) in [5.41, 5.74) is 4.48. The lowest BCUT2D eigenvalue weighted by Crippen LogP contribution is -2.31.